The van der Waals surface area contributed by atoms with Crippen LogP contribution in [0, 0.1) is 13.8 Å². The summed E-state index contributed by atoms with van der Waals surface area (Å²) in [5.74, 6) is -0.441. The van der Waals surface area contributed by atoms with Gasteiger partial charge in [-0.1, -0.05) is 6.07 Å². The van der Waals surface area contributed by atoms with E-state index in [0.717, 1.165) is 16.8 Å². The molecule has 0 aliphatic carbocycles. The molecule has 1 aromatic heterocycles. The topological polar surface area (TPSA) is 93.2 Å². The van der Waals surface area contributed by atoms with Gasteiger partial charge in [-0.25, -0.2) is 14.8 Å². The van der Waals surface area contributed by atoms with Crippen LogP contribution in [-0.2, 0) is 4.74 Å². The van der Waals surface area contributed by atoms with Crippen LogP contribution in [0.4, 0.5) is 17.3 Å². The lowest BCUT2D eigenvalue weighted by molar-refractivity contribution is 0.0526. The van der Waals surface area contributed by atoms with Crippen molar-refractivity contribution in [3.8, 4) is 0 Å². The molecular weight excluding hydrogens is 368 g/mol. The van der Waals surface area contributed by atoms with E-state index in [-0.39, 0.29) is 11.6 Å². The molecule has 1 amide bonds. The Kier molecular flexibility index (Phi) is 6.19. The molecule has 7 nitrogen and oxygen atoms in total. The van der Waals surface area contributed by atoms with Gasteiger partial charge in [0.25, 0.3) is 5.91 Å². The van der Waals surface area contributed by atoms with Gasteiger partial charge in [0, 0.05) is 17.6 Å². The van der Waals surface area contributed by atoms with E-state index in [0.29, 0.717) is 23.8 Å². The number of amides is 1. The van der Waals surface area contributed by atoms with Crippen molar-refractivity contribution in [3.63, 3.8) is 0 Å². The molecule has 0 atom stereocenters. The molecule has 0 fully saturated rings. The van der Waals surface area contributed by atoms with Crippen LogP contribution < -0.4 is 10.6 Å². The third kappa shape index (κ3) is 5.38. The largest absolute Gasteiger partial charge is 0.462 e. The fraction of sp³-hybridized carbons (Fsp3) is 0.182. The van der Waals surface area contributed by atoms with Crippen LogP contribution in [0.25, 0.3) is 0 Å². The number of hydrogen-bond acceptors (Lipinski definition) is 6. The fourth-order valence-electron chi connectivity index (χ4n) is 2.82. The number of aromatic nitrogens is 2. The molecule has 2 N–H and O–H groups in total. The molecule has 0 saturated carbocycles. The van der Waals surface area contributed by atoms with Crippen molar-refractivity contribution in [1.29, 1.82) is 0 Å². The van der Waals surface area contributed by atoms with E-state index in [1.807, 2.05) is 26.0 Å². The Hall–Kier alpha value is -3.74. The van der Waals surface area contributed by atoms with Crippen LogP contribution in [0.3, 0.4) is 0 Å². The van der Waals surface area contributed by atoms with E-state index >= 15 is 0 Å². The number of esters is 1. The number of carbonyl (C=O) groups is 2. The molecule has 3 rings (SSSR count). The van der Waals surface area contributed by atoms with Gasteiger partial charge in [0.05, 0.1) is 12.2 Å². The Labute approximate surface area is 169 Å². The maximum Gasteiger partial charge on any atom is 0.338 e. The second-order valence-electron chi connectivity index (χ2n) is 6.52. The molecule has 0 unspecified atom stereocenters. The number of nitrogens with zero attached hydrogens (tertiary/aromatic N) is 2. The Balaban J connectivity index is 1.70. The third-order valence-corrected chi connectivity index (χ3v) is 4.02. The molecule has 0 aliphatic rings. The van der Waals surface area contributed by atoms with E-state index in [1.54, 1.807) is 31.2 Å². The number of anilines is 3. The summed E-state index contributed by atoms with van der Waals surface area (Å²) in [6.07, 6.45) is 1.52. The number of benzene rings is 2. The van der Waals surface area contributed by atoms with Crippen LogP contribution in [0.1, 0.15) is 38.9 Å². The average Bonchev–Trinajstić information content (AvgIpc) is 2.68. The second-order valence-corrected chi connectivity index (χ2v) is 6.52. The SMILES string of the molecule is CCOC(=O)c1ccc(NC(=O)c2ccnc(Nc3cc(C)cc(C)c3)n2)cc1. The minimum Gasteiger partial charge on any atom is -0.462 e. The minimum absolute atomic E-state index is 0.223. The fourth-order valence-corrected chi connectivity index (χ4v) is 2.82. The average molecular weight is 390 g/mol. The minimum atomic E-state index is -0.400. The number of hydrogen-bond donors (Lipinski definition) is 2. The van der Waals surface area contributed by atoms with Gasteiger partial charge in [-0.3, -0.25) is 4.79 Å². The predicted molar refractivity (Wildman–Crippen MR) is 112 cm³/mol. The third-order valence-electron chi connectivity index (χ3n) is 4.02. The molecule has 0 saturated heterocycles. The van der Waals surface area contributed by atoms with E-state index < -0.39 is 5.97 Å². The Morgan fingerprint density at radius 3 is 2.31 bits per heavy atom. The first-order chi connectivity index (χ1) is 13.9. The smallest absolute Gasteiger partial charge is 0.338 e. The van der Waals surface area contributed by atoms with Gasteiger partial charge < -0.3 is 15.4 Å². The van der Waals surface area contributed by atoms with Crippen molar-refractivity contribution in [2.45, 2.75) is 20.8 Å². The first kappa shape index (κ1) is 20.0. The van der Waals surface area contributed by atoms with Gasteiger partial charge in [0.1, 0.15) is 5.69 Å². The molecule has 29 heavy (non-hydrogen) atoms. The Bertz CT molecular complexity index is 1010. The molecule has 0 bridgehead atoms. The van der Waals surface area contributed by atoms with Crippen molar-refractivity contribution >= 4 is 29.2 Å². The maximum absolute atomic E-state index is 12.5. The summed E-state index contributed by atoms with van der Waals surface area (Å²) in [5, 5.41) is 5.88. The molecule has 7 heteroatoms. The molecule has 3 aromatic rings. The second kappa shape index (κ2) is 8.97. The van der Waals surface area contributed by atoms with Crippen molar-refractivity contribution in [1.82, 2.24) is 9.97 Å². The first-order valence-corrected chi connectivity index (χ1v) is 9.21. The Morgan fingerprint density at radius 1 is 0.966 bits per heavy atom. The van der Waals surface area contributed by atoms with Crippen molar-refractivity contribution in [2.75, 3.05) is 17.2 Å². The van der Waals surface area contributed by atoms with Crippen LogP contribution in [0.2, 0.25) is 0 Å². The van der Waals surface area contributed by atoms with Gasteiger partial charge in [0.2, 0.25) is 5.95 Å². The summed E-state index contributed by atoms with van der Waals surface area (Å²) < 4.78 is 4.94. The highest BCUT2D eigenvalue weighted by atomic mass is 16.5. The summed E-state index contributed by atoms with van der Waals surface area (Å²) >= 11 is 0. The molecule has 0 spiro atoms. The highest BCUT2D eigenvalue weighted by Gasteiger charge is 2.11. The molecule has 148 valence electrons. The monoisotopic (exact) mass is 390 g/mol. The molecule has 0 aliphatic heterocycles. The summed E-state index contributed by atoms with van der Waals surface area (Å²) in [6.45, 7) is 6.08. The van der Waals surface area contributed by atoms with Crippen molar-refractivity contribution in [2.24, 2.45) is 0 Å². The summed E-state index contributed by atoms with van der Waals surface area (Å²) in [5.41, 5.74) is 4.29. The first-order valence-electron chi connectivity index (χ1n) is 9.21. The zero-order chi connectivity index (χ0) is 20.8. The normalized spacial score (nSPS) is 10.3. The number of aryl methyl sites for hydroxylation is 2. The lowest BCUT2D eigenvalue weighted by Crippen LogP contribution is -2.15. The van der Waals surface area contributed by atoms with E-state index in [2.05, 4.69) is 26.7 Å². The summed E-state index contributed by atoms with van der Waals surface area (Å²) in [4.78, 5) is 32.7. The molecule has 0 radical (unpaired) electrons. The number of ether oxygens (including phenoxy) is 1. The molecule has 2 aromatic carbocycles. The lowest BCUT2D eigenvalue weighted by atomic mass is 10.1. The van der Waals surface area contributed by atoms with Gasteiger partial charge in [-0.2, -0.15) is 0 Å². The standard InChI is InChI=1S/C22H22N4O3/c1-4-29-21(28)16-5-7-17(8-6-16)24-20(27)19-9-10-23-22(26-19)25-18-12-14(2)11-15(3)13-18/h5-13H,4H2,1-3H3,(H,24,27)(H,23,25,26). The van der Waals surface area contributed by atoms with Gasteiger partial charge in [-0.05, 0) is 74.4 Å². The maximum atomic E-state index is 12.5. The lowest BCUT2D eigenvalue weighted by Gasteiger charge is -2.09. The van der Waals surface area contributed by atoms with Crippen LogP contribution >= 0.6 is 0 Å². The highest BCUT2D eigenvalue weighted by Crippen LogP contribution is 2.18. The number of carbonyl (C=O) groups excluding carboxylic acids is 2. The van der Waals surface area contributed by atoms with Crippen LogP contribution in [-0.4, -0.2) is 28.5 Å². The van der Waals surface area contributed by atoms with Crippen molar-refractivity contribution in [3.05, 3.63) is 77.1 Å². The zero-order valence-corrected chi connectivity index (χ0v) is 16.5. The number of nitrogens with one attached hydrogen (secondary N) is 2. The molecular formula is C22H22N4O3. The quantitative estimate of drug-likeness (QED) is 0.611. The summed E-state index contributed by atoms with van der Waals surface area (Å²) in [6, 6.07) is 14.0. The van der Waals surface area contributed by atoms with E-state index in [9.17, 15) is 9.59 Å². The van der Waals surface area contributed by atoms with Gasteiger partial charge >= 0.3 is 5.97 Å². The van der Waals surface area contributed by atoms with E-state index in [4.69, 9.17) is 4.74 Å². The van der Waals surface area contributed by atoms with Gasteiger partial charge in [-0.15, -0.1) is 0 Å². The highest BCUT2D eigenvalue weighted by molar-refractivity contribution is 6.03. The van der Waals surface area contributed by atoms with Gasteiger partial charge in [0.15, 0.2) is 0 Å². The zero-order valence-electron chi connectivity index (χ0n) is 16.5. The summed E-state index contributed by atoms with van der Waals surface area (Å²) in [7, 11) is 0. The Morgan fingerprint density at radius 2 is 1.66 bits per heavy atom. The molecule has 1 heterocycles. The van der Waals surface area contributed by atoms with Crippen LogP contribution in [0.15, 0.2) is 54.7 Å². The van der Waals surface area contributed by atoms with E-state index in [1.165, 1.54) is 12.3 Å². The van der Waals surface area contributed by atoms with Crippen molar-refractivity contribution < 1.29 is 14.3 Å². The number of rotatable bonds is 6. The predicted octanol–water partition coefficient (Wildman–Crippen LogP) is 4.27. The van der Waals surface area contributed by atoms with Crippen LogP contribution in [0.5, 0.6) is 0 Å².